The Bertz CT molecular complexity index is 525. The Morgan fingerprint density at radius 2 is 1.77 bits per heavy atom. The Kier molecular flexibility index (Phi) is 6.04. The van der Waals surface area contributed by atoms with E-state index in [9.17, 15) is 9.59 Å². The third-order valence-electron chi connectivity index (χ3n) is 5.31. The van der Waals surface area contributed by atoms with Crippen LogP contribution in [0.1, 0.15) is 27.2 Å². The molecule has 0 N–H and O–H groups in total. The highest BCUT2D eigenvalue weighted by atomic mass is 32.2. The molecule has 7 nitrogen and oxygen atoms in total. The summed E-state index contributed by atoms with van der Waals surface area (Å²) in [6.07, 6.45) is 0.350. The number of nitrogens with zero attached hydrogens (tertiary/aromatic N) is 4. The Labute approximate surface area is 161 Å². The Morgan fingerprint density at radius 1 is 1.08 bits per heavy atom. The van der Waals surface area contributed by atoms with Gasteiger partial charge in [0.05, 0.1) is 5.88 Å². The van der Waals surface area contributed by atoms with Crippen LogP contribution in [-0.4, -0.2) is 107 Å². The molecule has 0 aromatic rings. The monoisotopic (exact) mass is 384 g/mol. The first-order chi connectivity index (χ1) is 12.2. The first-order valence-corrected chi connectivity index (χ1v) is 10.7. The first kappa shape index (κ1) is 19.8. The van der Waals surface area contributed by atoms with Gasteiger partial charge in [-0.3, -0.25) is 14.6 Å². The van der Waals surface area contributed by atoms with Crippen LogP contribution in [0, 0.1) is 0 Å². The van der Waals surface area contributed by atoms with Crippen LogP contribution in [0.25, 0.3) is 0 Å². The average Bonchev–Trinajstić information content (AvgIpc) is 3.23. The molecule has 3 rings (SSSR count). The lowest BCUT2D eigenvalue weighted by atomic mass is 10.1. The van der Waals surface area contributed by atoms with Gasteiger partial charge in [0.15, 0.2) is 0 Å². The number of carbonyl (C=O) groups is 2. The molecule has 0 aromatic carbocycles. The molecule has 2 atom stereocenters. The topological polar surface area (TPSA) is 56.3 Å². The molecule has 148 valence electrons. The second-order valence-electron chi connectivity index (χ2n) is 8.52. The SMILES string of the molecule is CN1CCN([C@H]2C[C@@H](C(=O)N3CCSC3)N(C(=O)OC(C)(C)C)C2)CC1. The number of amides is 2. The van der Waals surface area contributed by atoms with Gasteiger partial charge in [-0.1, -0.05) is 0 Å². The van der Waals surface area contributed by atoms with E-state index in [-0.39, 0.29) is 18.0 Å². The van der Waals surface area contributed by atoms with Crippen LogP contribution in [0.4, 0.5) is 4.79 Å². The quantitative estimate of drug-likeness (QED) is 0.712. The molecule has 3 aliphatic heterocycles. The Balaban J connectivity index is 1.72. The smallest absolute Gasteiger partial charge is 0.411 e. The van der Waals surface area contributed by atoms with Gasteiger partial charge in [-0.05, 0) is 34.2 Å². The van der Waals surface area contributed by atoms with Crippen molar-refractivity contribution in [2.75, 3.05) is 57.9 Å². The highest BCUT2D eigenvalue weighted by Crippen LogP contribution is 2.28. The predicted molar refractivity (Wildman–Crippen MR) is 103 cm³/mol. The molecule has 26 heavy (non-hydrogen) atoms. The van der Waals surface area contributed by atoms with E-state index in [2.05, 4.69) is 16.8 Å². The highest BCUT2D eigenvalue weighted by molar-refractivity contribution is 7.99. The molecule has 3 saturated heterocycles. The number of likely N-dealkylation sites (N-methyl/N-ethyl adjacent to an activating group) is 1. The lowest BCUT2D eigenvalue weighted by Gasteiger charge is -2.36. The fourth-order valence-electron chi connectivity index (χ4n) is 3.82. The summed E-state index contributed by atoms with van der Waals surface area (Å²) in [5, 5.41) is 0. The normalized spacial score (nSPS) is 28.6. The van der Waals surface area contributed by atoms with Crippen molar-refractivity contribution in [3.63, 3.8) is 0 Å². The summed E-state index contributed by atoms with van der Waals surface area (Å²) in [4.78, 5) is 34.1. The number of piperazine rings is 1. The first-order valence-electron chi connectivity index (χ1n) is 9.53. The minimum absolute atomic E-state index is 0.0810. The summed E-state index contributed by atoms with van der Waals surface area (Å²) >= 11 is 1.77. The van der Waals surface area contributed by atoms with Crippen LogP contribution < -0.4 is 0 Å². The van der Waals surface area contributed by atoms with E-state index in [1.54, 1.807) is 16.7 Å². The van der Waals surface area contributed by atoms with Gasteiger partial charge in [0, 0.05) is 51.1 Å². The van der Waals surface area contributed by atoms with Crippen molar-refractivity contribution < 1.29 is 14.3 Å². The number of hydrogen-bond donors (Lipinski definition) is 0. The maximum Gasteiger partial charge on any atom is 0.411 e. The third kappa shape index (κ3) is 4.64. The third-order valence-corrected chi connectivity index (χ3v) is 6.28. The number of ether oxygens (including phenoxy) is 1. The van der Waals surface area contributed by atoms with Gasteiger partial charge in [-0.2, -0.15) is 0 Å². The number of rotatable bonds is 2. The lowest BCUT2D eigenvalue weighted by molar-refractivity contribution is -0.134. The van der Waals surface area contributed by atoms with Crippen molar-refractivity contribution in [1.82, 2.24) is 19.6 Å². The molecule has 0 saturated carbocycles. The molecule has 0 bridgehead atoms. The molecule has 0 aliphatic carbocycles. The number of carbonyl (C=O) groups excluding carboxylic acids is 2. The minimum atomic E-state index is -0.555. The van der Waals surface area contributed by atoms with Gasteiger partial charge in [-0.25, -0.2) is 4.79 Å². The highest BCUT2D eigenvalue weighted by Gasteiger charge is 2.45. The number of likely N-dealkylation sites (tertiary alicyclic amines) is 1. The number of hydrogen-bond acceptors (Lipinski definition) is 6. The van der Waals surface area contributed by atoms with E-state index in [1.807, 2.05) is 25.7 Å². The maximum absolute atomic E-state index is 13.0. The summed E-state index contributed by atoms with van der Waals surface area (Å²) in [6, 6.07) is -0.159. The zero-order valence-electron chi connectivity index (χ0n) is 16.4. The van der Waals surface area contributed by atoms with E-state index in [1.165, 1.54) is 0 Å². The van der Waals surface area contributed by atoms with Gasteiger partial charge in [0.25, 0.3) is 0 Å². The van der Waals surface area contributed by atoms with Gasteiger partial charge in [0.1, 0.15) is 11.6 Å². The van der Waals surface area contributed by atoms with Crippen LogP contribution >= 0.6 is 11.8 Å². The van der Waals surface area contributed by atoms with Crippen molar-refractivity contribution in [1.29, 1.82) is 0 Å². The van der Waals surface area contributed by atoms with E-state index >= 15 is 0 Å². The molecular weight excluding hydrogens is 352 g/mol. The van der Waals surface area contributed by atoms with Crippen molar-refractivity contribution >= 4 is 23.8 Å². The van der Waals surface area contributed by atoms with Gasteiger partial charge < -0.3 is 14.5 Å². The molecule has 3 aliphatic rings. The summed E-state index contributed by atoms with van der Waals surface area (Å²) in [5.74, 6) is 1.79. The molecule has 2 amide bonds. The Morgan fingerprint density at radius 3 is 2.35 bits per heavy atom. The standard InChI is InChI=1S/C18H32N4O3S/c1-18(2,3)25-17(24)22-12-14(20-7-5-19(4)6-8-20)11-15(22)16(23)21-9-10-26-13-21/h14-15H,5-13H2,1-4H3/t14-,15-/m0/s1. The van der Waals surface area contributed by atoms with Crippen LogP contribution in [0.2, 0.25) is 0 Å². The molecule has 0 aromatic heterocycles. The van der Waals surface area contributed by atoms with E-state index in [4.69, 9.17) is 4.74 Å². The van der Waals surface area contributed by atoms with Crippen LogP contribution in [0.15, 0.2) is 0 Å². The molecule has 3 heterocycles. The maximum atomic E-state index is 13.0. The average molecular weight is 385 g/mol. The summed E-state index contributed by atoms with van der Waals surface area (Å²) in [6.45, 7) is 11.0. The van der Waals surface area contributed by atoms with E-state index < -0.39 is 11.6 Å². The van der Waals surface area contributed by atoms with Crippen LogP contribution in [0.5, 0.6) is 0 Å². The van der Waals surface area contributed by atoms with Crippen LogP contribution in [-0.2, 0) is 9.53 Å². The van der Waals surface area contributed by atoms with Gasteiger partial charge in [0.2, 0.25) is 5.91 Å². The molecule has 3 fully saturated rings. The lowest BCUT2D eigenvalue weighted by Crippen LogP contribution is -2.50. The second-order valence-corrected chi connectivity index (χ2v) is 9.59. The molecule has 0 unspecified atom stereocenters. The second kappa shape index (κ2) is 7.94. The zero-order chi connectivity index (χ0) is 18.9. The molecule has 0 spiro atoms. The number of thioether (sulfide) groups is 1. The minimum Gasteiger partial charge on any atom is -0.444 e. The van der Waals surface area contributed by atoms with E-state index in [0.717, 1.165) is 44.4 Å². The van der Waals surface area contributed by atoms with Crippen molar-refractivity contribution in [3.05, 3.63) is 0 Å². The zero-order valence-corrected chi connectivity index (χ0v) is 17.3. The molecule has 0 radical (unpaired) electrons. The van der Waals surface area contributed by atoms with E-state index in [0.29, 0.717) is 13.0 Å². The fraction of sp³-hybridized carbons (Fsp3) is 0.889. The Hall–Kier alpha value is -0.990. The summed E-state index contributed by atoms with van der Waals surface area (Å²) < 4.78 is 5.60. The summed E-state index contributed by atoms with van der Waals surface area (Å²) in [5.41, 5.74) is -0.555. The summed E-state index contributed by atoms with van der Waals surface area (Å²) in [7, 11) is 2.14. The van der Waals surface area contributed by atoms with Crippen LogP contribution in [0.3, 0.4) is 0 Å². The van der Waals surface area contributed by atoms with Crippen molar-refractivity contribution in [2.24, 2.45) is 0 Å². The van der Waals surface area contributed by atoms with Gasteiger partial charge >= 0.3 is 6.09 Å². The van der Waals surface area contributed by atoms with Gasteiger partial charge in [-0.15, -0.1) is 11.8 Å². The molecular formula is C18H32N4O3S. The van der Waals surface area contributed by atoms with Crippen molar-refractivity contribution in [2.45, 2.75) is 44.9 Å². The largest absolute Gasteiger partial charge is 0.444 e. The van der Waals surface area contributed by atoms with Crippen molar-refractivity contribution in [3.8, 4) is 0 Å². The predicted octanol–water partition coefficient (Wildman–Crippen LogP) is 1.14. The fourth-order valence-corrected chi connectivity index (χ4v) is 4.78. The molecule has 8 heteroatoms.